The molecular formula is C22H29NO3. The van der Waals surface area contributed by atoms with E-state index in [9.17, 15) is 5.11 Å². The third-order valence-corrected chi connectivity index (χ3v) is 5.44. The van der Waals surface area contributed by atoms with Crippen molar-refractivity contribution in [2.24, 2.45) is 5.92 Å². The maximum atomic E-state index is 12.0. The van der Waals surface area contributed by atoms with Crippen molar-refractivity contribution in [3.63, 3.8) is 0 Å². The predicted molar refractivity (Wildman–Crippen MR) is 102 cm³/mol. The summed E-state index contributed by atoms with van der Waals surface area (Å²) in [5, 5.41) is 12.0. The van der Waals surface area contributed by atoms with Crippen LogP contribution in [0.1, 0.15) is 48.8 Å². The number of pyridine rings is 1. The van der Waals surface area contributed by atoms with Crippen molar-refractivity contribution in [1.82, 2.24) is 4.98 Å². The number of methoxy groups -OCH3 is 1. The summed E-state index contributed by atoms with van der Waals surface area (Å²) in [7, 11) is 1.61. The Balaban J connectivity index is 2.03. The fraction of sp³-hybridized carbons (Fsp3) is 0.500. The first-order chi connectivity index (χ1) is 12.6. The Bertz CT molecular complexity index is 698. The van der Waals surface area contributed by atoms with Crippen molar-refractivity contribution < 1.29 is 14.6 Å². The van der Waals surface area contributed by atoms with Gasteiger partial charge in [-0.1, -0.05) is 30.9 Å². The molecule has 1 N–H and O–H groups in total. The molecule has 1 atom stereocenters. The zero-order chi connectivity index (χ0) is 18.4. The van der Waals surface area contributed by atoms with Gasteiger partial charge in [0, 0.05) is 31.5 Å². The third kappa shape index (κ3) is 4.25. The van der Waals surface area contributed by atoms with Crippen LogP contribution in [0.15, 0.2) is 42.7 Å². The van der Waals surface area contributed by atoms with Crippen LogP contribution in [-0.4, -0.2) is 24.0 Å². The zero-order valence-corrected chi connectivity index (χ0v) is 15.8. The third-order valence-electron chi connectivity index (χ3n) is 5.44. The van der Waals surface area contributed by atoms with Gasteiger partial charge in [-0.2, -0.15) is 0 Å². The molecule has 2 aromatic rings. The first-order valence-corrected chi connectivity index (χ1v) is 9.47. The van der Waals surface area contributed by atoms with Crippen LogP contribution in [0, 0.1) is 12.8 Å². The first kappa shape index (κ1) is 18.9. The summed E-state index contributed by atoms with van der Waals surface area (Å²) in [6.07, 6.45) is 9.81. The van der Waals surface area contributed by atoms with Gasteiger partial charge in [-0.3, -0.25) is 4.98 Å². The standard InChI is InChI=1S/C22H29NO3/c1-17-8-9-21(26-16-25-2)20(14-17)22(24,19-6-4-3-5-7-19)15-18-10-12-23-13-11-18/h8-14,19,24H,3-7,15-16H2,1-2H3. The van der Waals surface area contributed by atoms with E-state index in [0.29, 0.717) is 12.2 Å². The van der Waals surface area contributed by atoms with Gasteiger partial charge < -0.3 is 14.6 Å². The van der Waals surface area contributed by atoms with E-state index in [1.165, 1.54) is 19.3 Å². The Hall–Kier alpha value is -1.91. The second kappa shape index (κ2) is 8.65. The van der Waals surface area contributed by atoms with Crippen LogP contribution >= 0.6 is 0 Å². The van der Waals surface area contributed by atoms with Crippen LogP contribution in [0.3, 0.4) is 0 Å². The average Bonchev–Trinajstić information content (AvgIpc) is 2.68. The van der Waals surface area contributed by atoms with Gasteiger partial charge in [0.25, 0.3) is 0 Å². The highest BCUT2D eigenvalue weighted by Gasteiger charge is 2.41. The van der Waals surface area contributed by atoms with Gasteiger partial charge in [-0.15, -0.1) is 0 Å². The molecular weight excluding hydrogens is 326 g/mol. The smallest absolute Gasteiger partial charge is 0.188 e. The minimum absolute atomic E-state index is 0.173. The highest BCUT2D eigenvalue weighted by Crippen LogP contribution is 2.45. The van der Waals surface area contributed by atoms with E-state index in [0.717, 1.165) is 29.5 Å². The molecule has 4 nitrogen and oxygen atoms in total. The molecule has 1 aromatic heterocycles. The molecule has 3 rings (SSSR count). The van der Waals surface area contributed by atoms with Gasteiger partial charge in [0.2, 0.25) is 0 Å². The van der Waals surface area contributed by atoms with Crippen molar-refractivity contribution in [1.29, 1.82) is 0 Å². The second-order valence-electron chi connectivity index (χ2n) is 7.34. The lowest BCUT2D eigenvalue weighted by Gasteiger charge is -2.40. The molecule has 1 aliphatic carbocycles. The number of hydrogen-bond acceptors (Lipinski definition) is 4. The van der Waals surface area contributed by atoms with Gasteiger partial charge in [-0.05, 0) is 55.5 Å². The quantitative estimate of drug-likeness (QED) is 0.749. The van der Waals surface area contributed by atoms with Crippen LogP contribution in [0.4, 0.5) is 0 Å². The molecule has 1 saturated carbocycles. The number of rotatable bonds is 7. The van der Waals surface area contributed by atoms with E-state index in [4.69, 9.17) is 9.47 Å². The molecule has 0 saturated heterocycles. The summed E-state index contributed by atoms with van der Waals surface area (Å²) in [6, 6.07) is 10.0. The zero-order valence-electron chi connectivity index (χ0n) is 15.8. The summed E-state index contributed by atoms with van der Waals surface area (Å²) < 4.78 is 10.9. The molecule has 1 aromatic carbocycles. The fourth-order valence-corrected chi connectivity index (χ4v) is 4.08. The van der Waals surface area contributed by atoms with Crippen molar-refractivity contribution in [2.45, 2.75) is 51.0 Å². The van der Waals surface area contributed by atoms with Crippen LogP contribution in [-0.2, 0) is 16.8 Å². The van der Waals surface area contributed by atoms with Crippen LogP contribution in [0.5, 0.6) is 5.75 Å². The van der Waals surface area contributed by atoms with Crippen LogP contribution in [0.2, 0.25) is 0 Å². The molecule has 140 valence electrons. The second-order valence-corrected chi connectivity index (χ2v) is 7.34. The normalized spacial score (nSPS) is 17.7. The number of aromatic nitrogens is 1. The summed E-state index contributed by atoms with van der Waals surface area (Å²) in [6.45, 7) is 2.23. The van der Waals surface area contributed by atoms with Gasteiger partial charge in [0.1, 0.15) is 5.75 Å². The highest BCUT2D eigenvalue weighted by molar-refractivity contribution is 5.42. The Morgan fingerprint density at radius 3 is 2.54 bits per heavy atom. The highest BCUT2D eigenvalue weighted by atomic mass is 16.7. The molecule has 1 aliphatic rings. The number of nitrogens with zero attached hydrogens (tertiary/aromatic N) is 1. The first-order valence-electron chi connectivity index (χ1n) is 9.47. The average molecular weight is 355 g/mol. The van der Waals surface area contributed by atoms with E-state index >= 15 is 0 Å². The minimum Gasteiger partial charge on any atom is -0.467 e. The van der Waals surface area contributed by atoms with Gasteiger partial charge in [-0.25, -0.2) is 0 Å². The predicted octanol–water partition coefficient (Wildman–Crippen LogP) is 4.38. The number of hydrogen-bond donors (Lipinski definition) is 1. The molecule has 0 aliphatic heterocycles. The molecule has 26 heavy (non-hydrogen) atoms. The molecule has 0 spiro atoms. The molecule has 0 bridgehead atoms. The Labute approximate surface area is 156 Å². The monoisotopic (exact) mass is 355 g/mol. The Morgan fingerprint density at radius 2 is 1.85 bits per heavy atom. The van der Waals surface area contributed by atoms with Gasteiger partial charge in [0.05, 0.1) is 5.60 Å². The molecule has 1 heterocycles. The lowest BCUT2D eigenvalue weighted by Crippen LogP contribution is -2.39. The minimum atomic E-state index is -0.961. The van der Waals surface area contributed by atoms with Gasteiger partial charge >= 0.3 is 0 Å². The number of ether oxygens (including phenoxy) is 2. The maximum Gasteiger partial charge on any atom is 0.188 e. The van der Waals surface area contributed by atoms with E-state index in [1.54, 1.807) is 19.5 Å². The van der Waals surface area contributed by atoms with E-state index < -0.39 is 5.60 Å². The molecule has 1 unspecified atom stereocenters. The fourth-order valence-electron chi connectivity index (χ4n) is 4.08. The summed E-state index contributed by atoms with van der Waals surface area (Å²) in [5.74, 6) is 0.927. The van der Waals surface area contributed by atoms with Crippen molar-refractivity contribution in [3.8, 4) is 5.75 Å². The van der Waals surface area contributed by atoms with Crippen LogP contribution < -0.4 is 4.74 Å². The van der Waals surface area contributed by atoms with Crippen molar-refractivity contribution in [2.75, 3.05) is 13.9 Å². The summed E-state index contributed by atoms with van der Waals surface area (Å²) >= 11 is 0. The molecule has 0 amide bonds. The largest absolute Gasteiger partial charge is 0.467 e. The number of aryl methyl sites for hydroxylation is 1. The summed E-state index contributed by atoms with van der Waals surface area (Å²) in [4.78, 5) is 4.11. The lowest BCUT2D eigenvalue weighted by atomic mass is 9.70. The Kier molecular flexibility index (Phi) is 6.28. The van der Waals surface area contributed by atoms with Crippen LogP contribution in [0.25, 0.3) is 0 Å². The van der Waals surface area contributed by atoms with Crippen molar-refractivity contribution in [3.05, 3.63) is 59.4 Å². The van der Waals surface area contributed by atoms with E-state index in [-0.39, 0.29) is 12.7 Å². The maximum absolute atomic E-state index is 12.0. The Morgan fingerprint density at radius 1 is 1.12 bits per heavy atom. The molecule has 0 radical (unpaired) electrons. The van der Waals surface area contributed by atoms with E-state index in [2.05, 4.69) is 18.0 Å². The van der Waals surface area contributed by atoms with E-state index in [1.807, 2.05) is 24.3 Å². The topological polar surface area (TPSA) is 51.6 Å². The SMILES string of the molecule is COCOc1ccc(C)cc1C(O)(Cc1ccncc1)C1CCCCC1. The number of benzene rings is 1. The summed E-state index contributed by atoms with van der Waals surface area (Å²) in [5.41, 5.74) is 2.12. The lowest BCUT2D eigenvalue weighted by molar-refractivity contribution is -0.0429. The van der Waals surface area contributed by atoms with Crippen molar-refractivity contribution >= 4 is 0 Å². The molecule has 1 fully saturated rings. The van der Waals surface area contributed by atoms with Gasteiger partial charge in [0.15, 0.2) is 6.79 Å². The molecule has 4 heteroatoms. The number of aliphatic hydroxyl groups is 1.